The summed E-state index contributed by atoms with van der Waals surface area (Å²) in [5.41, 5.74) is 3.41. The monoisotopic (exact) mass is 239 g/mol. The summed E-state index contributed by atoms with van der Waals surface area (Å²) < 4.78 is 4.96. The minimum Gasteiger partial charge on any atom is -0.504 e. The molecule has 0 saturated heterocycles. The Morgan fingerprint density at radius 1 is 1.56 bits per heavy atom. The number of thiocarbonyl (C=S) groups is 1. The van der Waals surface area contributed by atoms with Crippen molar-refractivity contribution in [3.63, 3.8) is 0 Å². The van der Waals surface area contributed by atoms with Gasteiger partial charge in [0.25, 0.3) is 0 Å². The Bertz CT molecular complexity index is 407. The largest absolute Gasteiger partial charge is 0.504 e. The zero-order valence-corrected chi connectivity index (χ0v) is 9.84. The van der Waals surface area contributed by atoms with Crippen molar-refractivity contribution >= 4 is 23.5 Å². The predicted octanol–water partition coefficient (Wildman–Crippen LogP) is 0.829. The molecule has 0 heterocycles. The predicted molar refractivity (Wildman–Crippen MR) is 67.0 cm³/mol. The van der Waals surface area contributed by atoms with Gasteiger partial charge in [-0.2, -0.15) is 5.10 Å². The van der Waals surface area contributed by atoms with Gasteiger partial charge in [0, 0.05) is 7.05 Å². The molecule has 0 spiro atoms. The number of benzene rings is 1. The third-order valence-corrected chi connectivity index (χ3v) is 2.11. The minimum atomic E-state index is 0.0957. The maximum Gasteiger partial charge on any atom is 0.186 e. The lowest BCUT2D eigenvalue weighted by Gasteiger charge is -2.03. The zero-order chi connectivity index (χ0) is 12.0. The average Bonchev–Trinajstić information content (AvgIpc) is 2.31. The molecule has 0 aromatic heterocycles. The molecule has 0 radical (unpaired) electrons. The second-order valence-corrected chi connectivity index (χ2v) is 3.29. The van der Waals surface area contributed by atoms with Crippen LogP contribution in [0.5, 0.6) is 11.5 Å². The number of nitrogens with one attached hydrogen (secondary N) is 2. The van der Waals surface area contributed by atoms with Crippen LogP contribution >= 0.6 is 12.2 Å². The topological polar surface area (TPSA) is 65.9 Å². The fourth-order valence-corrected chi connectivity index (χ4v) is 1.05. The van der Waals surface area contributed by atoms with Gasteiger partial charge in [-0.25, -0.2) is 0 Å². The van der Waals surface area contributed by atoms with Crippen LogP contribution in [0, 0.1) is 0 Å². The molecule has 3 N–H and O–H groups in total. The first kappa shape index (κ1) is 12.3. The molecule has 0 bridgehead atoms. The maximum absolute atomic E-state index is 9.37. The molecule has 1 aromatic rings. The number of phenols is 1. The molecule has 0 atom stereocenters. The van der Waals surface area contributed by atoms with E-state index in [2.05, 4.69) is 15.8 Å². The van der Waals surface area contributed by atoms with Crippen molar-refractivity contribution in [2.24, 2.45) is 5.10 Å². The second-order valence-electron chi connectivity index (χ2n) is 2.88. The maximum atomic E-state index is 9.37. The first-order valence-electron chi connectivity index (χ1n) is 4.55. The Morgan fingerprint density at radius 3 is 2.94 bits per heavy atom. The van der Waals surface area contributed by atoms with Gasteiger partial charge in [0.2, 0.25) is 0 Å². The number of aromatic hydroxyl groups is 1. The van der Waals surface area contributed by atoms with Crippen LogP contribution in [0.15, 0.2) is 23.3 Å². The highest BCUT2D eigenvalue weighted by Gasteiger charge is 2.00. The third-order valence-electron chi connectivity index (χ3n) is 1.81. The Labute approximate surface area is 99.1 Å². The van der Waals surface area contributed by atoms with E-state index in [1.54, 1.807) is 25.4 Å². The number of hydrazone groups is 1. The van der Waals surface area contributed by atoms with Crippen molar-refractivity contribution in [3.05, 3.63) is 23.8 Å². The average molecular weight is 239 g/mol. The first-order valence-corrected chi connectivity index (χ1v) is 4.96. The summed E-state index contributed by atoms with van der Waals surface area (Å²) in [6, 6.07) is 4.92. The lowest BCUT2D eigenvalue weighted by atomic mass is 10.2. The Hall–Kier alpha value is -1.82. The van der Waals surface area contributed by atoms with E-state index in [4.69, 9.17) is 17.0 Å². The highest BCUT2D eigenvalue weighted by molar-refractivity contribution is 7.80. The van der Waals surface area contributed by atoms with Crippen LogP contribution < -0.4 is 15.5 Å². The van der Waals surface area contributed by atoms with Gasteiger partial charge in [-0.15, -0.1) is 0 Å². The smallest absolute Gasteiger partial charge is 0.186 e. The summed E-state index contributed by atoms with van der Waals surface area (Å²) in [6.45, 7) is 0. The summed E-state index contributed by atoms with van der Waals surface area (Å²) in [7, 11) is 3.19. The second kappa shape index (κ2) is 5.92. The van der Waals surface area contributed by atoms with Crippen molar-refractivity contribution in [1.29, 1.82) is 0 Å². The van der Waals surface area contributed by atoms with Crippen LogP contribution in [0.3, 0.4) is 0 Å². The summed E-state index contributed by atoms with van der Waals surface area (Å²) in [5, 5.41) is 16.4. The SMILES string of the molecule is CNC(=S)N/N=C/c1ccc(O)c(OC)c1. The van der Waals surface area contributed by atoms with Crippen LogP contribution in [0.25, 0.3) is 0 Å². The summed E-state index contributed by atoms with van der Waals surface area (Å²) in [6.07, 6.45) is 1.58. The molecule has 0 saturated carbocycles. The van der Waals surface area contributed by atoms with Crippen molar-refractivity contribution in [1.82, 2.24) is 10.7 Å². The van der Waals surface area contributed by atoms with Crippen molar-refractivity contribution in [3.8, 4) is 11.5 Å². The van der Waals surface area contributed by atoms with Gasteiger partial charge < -0.3 is 15.2 Å². The molecule has 0 fully saturated rings. The summed E-state index contributed by atoms with van der Waals surface area (Å²) in [5.74, 6) is 0.499. The Kier molecular flexibility index (Phi) is 4.53. The minimum absolute atomic E-state index is 0.0957. The van der Waals surface area contributed by atoms with Gasteiger partial charge in [0.05, 0.1) is 13.3 Å². The number of hydrogen-bond donors (Lipinski definition) is 3. The Balaban J connectivity index is 2.70. The number of methoxy groups -OCH3 is 1. The van der Waals surface area contributed by atoms with Crippen LogP contribution in [0.1, 0.15) is 5.56 Å². The summed E-state index contributed by atoms with van der Waals surface area (Å²) >= 11 is 4.84. The molecule has 5 nitrogen and oxygen atoms in total. The molecule has 1 aromatic carbocycles. The van der Waals surface area contributed by atoms with Crippen LogP contribution in [-0.2, 0) is 0 Å². The number of hydrogen-bond acceptors (Lipinski definition) is 4. The van der Waals surface area contributed by atoms with E-state index in [1.165, 1.54) is 13.2 Å². The molecule has 0 aliphatic heterocycles. The van der Waals surface area contributed by atoms with E-state index in [-0.39, 0.29) is 5.75 Å². The molecule has 16 heavy (non-hydrogen) atoms. The van der Waals surface area contributed by atoms with Gasteiger partial charge in [0.15, 0.2) is 16.6 Å². The quantitative estimate of drug-likeness (QED) is 0.414. The van der Waals surface area contributed by atoms with E-state index >= 15 is 0 Å². The van der Waals surface area contributed by atoms with E-state index in [0.717, 1.165) is 5.56 Å². The normalized spacial score (nSPS) is 10.1. The lowest BCUT2D eigenvalue weighted by Crippen LogP contribution is -2.28. The van der Waals surface area contributed by atoms with Gasteiger partial charge in [-0.1, -0.05) is 0 Å². The molecular formula is C10H13N3O2S. The van der Waals surface area contributed by atoms with Gasteiger partial charge in [-0.3, -0.25) is 5.43 Å². The molecule has 1 rings (SSSR count). The third kappa shape index (κ3) is 3.39. The van der Waals surface area contributed by atoms with Crippen LogP contribution in [-0.4, -0.2) is 30.6 Å². The van der Waals surface area contributed by atoms with Gasteiger partial charge in [0.1, 0.15) is 0 Å². The molecule has 0 aliphatic carbocycles. The summed E-state index contributed by atoms with van der Waals surface area (Å²) in [4.78, 5) is 0. The van der Waals surface area contributed by atoms with Gasteiger partial charge in [-0.05, 0) is 36.0 Å². The van der Waals surface area contributed by atoms with E-state index in [1.807, 2.05) is 0 Å². The van der Waals surface area contributed by atoms with E-state index in [0.29, 0.717) is 10.9 Å². The standard InChI is InChI=1S/C10H13N3O2S/c1-11-10(16)13-12-6-7-3-4-8(14)9(5-7)15-2/h3-6,14H,1-2H3,(H2,11,13,16)/b12-6+. The zero-order valence-electron chi connectivity index (χ0n) is 9.02. The Morgan fingerprint density at radius 2 is 2.31 bits per heavy atom. The van der Waals surface area contributed by atoms with Crippen LogP contribution in [0.2, 0.25) is 0 Å². The molecule has 0 aliphatic rings. The lowest BCUT2D eigenvalue weighted by molar-refractivity contribution is 0.373. The molecule has 0 amide bonds. The van der Waals surface area contributed by atoms with Crippen molar-refractivity contribution in [2.75, 3.05) is 14.2 Å². The van der Waals surface area contributed by atoms with Crippen molar-refractivity contribution in [2.45, 2.75) is 0 Å². The highest BCUT2D eigenvalue weighted by atomic mass is 32.1. The van der Waals surface area contributed by atoms with Crippen molar-refractivity contribution < 1.29 is 9.84 Å². The number of ether oxygens (including phenoxy) is 1. The molecule has 86 valence electrons. The fraction of sp³-hybridized carbons (Fsp3) is 0.200. The molecule has 0 unspecified atom stereocenters. The van der Waals surface area contributed by atoms with Crippen LogP contribution in [0.4, 0.5) is 0 Å². The molecule has 6 heteroatoms. The number of rotatable bonds is 3. The van der Waals surface area contributed by atoms with Gasteiger partial charge >= 0.3 is 0 Å². The molecular weight excluding hydrogens is 226 g/mol. The van der Waals surface area contributed by atoms with E-state index in [9.17, 15) is 5.11 Å². The highest BCUT2D eigenvalue weighted by Crippen LogP contribution is 2.25. The first-order chi connectivity index (χ1) is 7.67. The van der Waals surface area contributed by atoms with E-state index < -0.39 is 0 Å². The number of phenolic OH excluding ortho intramolecular Hbond substituents is 1. The number of nitrogens with zero attached hydrogens (tertiary/aromatic N) is 1. The fourth-order valence-electron chi connectivity index (χ4n) is 0.996.